The van der Waals surface area contributed by atoms with E-state index in [1.165, 1.54) is 29.8 Å². The first-order valence-corrected chi connectivity index (χ1v) is 9.82. The Kier molecular flexibility index (Phi) is 4.39. The normalized spacial score (nSPS) is 23.7. The van der Waals surface area contributed by atoms with Crippen LogP contribution in [0.5, 0.6) is 0 Å². The quantitative estimate of drug-likeness (QED) is 0.926. The number of nitrogens with zero attached hydrogens (tertiary/aromatic N) is 3. The first-order chi connectivity index (χ1) is 11.7. The van der Waals surface area contributed by atoms with Gasteiger partial charge < -0.3 is 5.32 Å². The van der Waals surface area contributed by atoms with E-state index >= 15 is 0 Å². The third kappa shape index (κ3) is 3.24. The van der Waals surface area contributed by atoms with Crippen molar-refractivity contribution in [2.24, 2.45) is 0 Å². The van der Waals surface area contributed by atoms with Crippen LogP contribution in [-0.4, -0.2) is 20.8 Å². The summed E-state index contributed by atoms with van der Waals surface area (Å²) in [4.78, 5) is 18.3. The van der Waals surface area contributed by atoms with Gasteiger partial charge in [0.15, 0.2) is 5.13 Å². The Morgan fingerprint density at radius 1 is 1.17 bits per heavy atom. The summed E-state index contributed by atoms with van der Waals surface area (Å²) < 4.78 is 1.69. The fourth-order valence-electron chi connectivity index (χ4n) is 3.84. The average Bonchev–Trinajstić information content (AvgIpc) is 3.00. The maximum Gasteiger partial charge on any atom is 0.267 e. The summed E-state index contributed by atoms with van der Waals surface area (Å²) in [5, 5.41) is 9.15. The van der Waals surface area contributed by atoms with Gasteiger partial charge in [0.05, 0.1) is 17.4 Å². The predicted octanol–water partition coefficient (Wildman–Crippen LogP) is 3.48. The summed E-state index contributed by atoms with van der Waals surface area (Å²) in [7, 11) is 0. The molecule has 0 aliphatic heterocycles. The van der Waals surface area contributed by atoms with Crippen LogP contribution in [-0.2, 0) is 12.8 Å². The van der Waals surface area contributed by atoms with Gasteiger partial charge in [-0.05, 0) is 64.4 Å². The molecule has 2 aliphatic carbocycles. The smallest absolute Gasteiger partial charge is 0.267 e. The second-order valence-corrected chi connectivity index (χ2v) is 8.09. The lowest BCUT2D eigenvalue weighted by molar-refractivity contribution is 0.302. The van der Waals surface area contributed by atoms with Crippen LogP contribution in [0.4, 0.5) is 5.13 Å². The zero-order valence-electron chi connectivity index (χ0n) is 14.1. The second kappa shape index (κ2) is 6.67. The minimum atomic E-state index is 0.0182. The molecule has 4 rings (SSSR count). The number of fused-ring (bicyclic) bond motifs is 1. The first-order valence-electron chi connectivity index (χ1n) is 9.00. The van der Waals surface area contributed by atoms with Crippen molar-refractivity contribution < 1.29 is 0 Å². The minimum Gasteiger partial charge on any atom is -0.359 e. The highest BCUT2D eigenvalue weighted by Gasteiger charge is 2.25. The second-order valence-electron chi connectivity index (χ2n) is 7.00. The third-order valence-electron chi connectivity index (χ3n) is 5.17. The topological polar surface area (TPSA) is 59.8 Å². The molecule has 5 nitrogen and oxygen atoms in total. The van der Waals surface area contributed by atoms with E-state index in [-0.39, 0.29) is 11.6 Å². The summed E-state index contributed by atoms with van der Waals surface area (Å²) in [6.07, 6.45) is 9.05. The summed E-state index contributed by atoms with van der Waals surface area (Å²) in [6, 6.07) is 4.12. The number of hydrogen-bond acceptors (Lipinski definition) is 5. The fourth-order valence-corrected chi connectivity index (χ4v) is 4.96. The molecule has 0 radical (unpaired) electrons. The zero-order valence-corrected chi connectivity index (χ0v) is 14.9. The van der Waals surface area contributed by atoms with Gasteiger partial charge in [-0.3, -0.25) is 4.79 Å². The van der Waals surface area contributed by atoms with Crippen molar-refractivity contribution in [3.8, 4) is 0 Å². The molecule has 0 atom stereocenters. The van der Waals surface area contributed by atoms with Gasteiger partial charge in [-0.15, -0.1) is 11.3 Å². The van der Waals surface area contributed by atoms with Crippen LogP contribution in [0.3, 0.4) is 0 Å². The van der Waals surface area contributed by atoms with Gasteiger partial charge in [-0.25, -0.2) is 9.67 Å². The molecule has 128 valence electrons. The molecule has 0 bridgehead atoms. The lowest BCUT2D eigenvalue weighted by atomic mass is 9.91. The van der Waals surface area contributed by atoms with Gasteiger partial charge in [0.1, 0.15) is 0 Å². The van der Waals surface area contributed by atoms with Crippen molar-refractivity contribution in [3.63, 3.8) is 0 Å². The minimum absolute atomic E-state index is 0.0182. The van der Waals surface area contributed by atoms with Crippen LogP contribution >= 0.6 is 11.3 Å². The van der Waals surface area contributed by atoms with Gasteiger partial charge in [0.25, 0.3) is 5.56 Å². The van der Waals surface area contributed by atoms with E-state index in [0.29, 0.717) is 6.04 Å². The third-order valence-corrected chi connectivity index (χ3v) is 6.26. The van der Waals surface area contributed by atoms with E-state index in [0.717, 1.165) is 42.9 Å². The molecule has 0 saturated heterocycles. The van der Waals surface area contributed by atoms with Crippen LogP contribution < -0.4 is 10.9 Å². The van der Waals surface area contributed by atoms with Gasteiger partial charge in [-0.2, -0.15) is 5.10 Å². The zero-order chi connectivity index (χ0) is 16.5. The number of thiazole rings is 1. The maximum atomic E-state index is 12.0. The Hall–Kier alpha value is -1.69. The van der Waals surface area contributed by atoms with Gasteiger partial charge in [0.2, 0.25) is 0 Å². The van der Waals surface area contributed by atoms with Gasteiger partial charge >= 0.3 is 0 Å². The standard InChI is InChI=1S/C18H24N4OS/c1-12-6-11-17(23)22(21-12)14-9-7-13(8-10-14)19-18-20-15-4-2-3-5-16(15)24-18/h6,11,13-14H,2-5,7-10H2,1H3,(H,19,20). The van der Waals surface area contributed by atoms with Crippen molar-refractivity contribution in [1.82, 2.24) is 14.8 Å². The first kappa shape index (κ1) is 15.8. The Bertz CT molecular complexity index is 750. The summed E-state index contributed by atoms with van der Waals surface area (Å²) in [5.41, 5.74) is 2.24. The monoisotopic (exact) mass is 344 g/mol. The molecular weight excluding hydrogens is 320 g/mol. The van der Waals surface area contributed by atoms with Crippen molar-refractivity contribution in [1.29, 1.82) is 0 Å². The molecule has 0 aromatic carbocycles. The number of hydrogen-bond donors (Lipinski definition) is 1. The van der Waals surface area contributed by atoms with Crippen LogP contribution in [0.25, 0.3) is 0 Å². The molecule has 6 heteroatoms. The van der Waals surface area contributed by atoms with Crippen molar-refractivity contribution >= 4 is 16.5 Å². The van der Waals surface area contributed by atoms with Gasteiger partial charge in [0, 0.05) is 17.0 Å². The van der Waals surface area contributed by atoms with Gasteiger partial charge in [-0.1, -0.05) is 0 Å². The molecule has 1 N–H and O–H groups in total. The Morgan fingerprint density at radius 3 is 2.75 bits per heavy atom. The molecule has 2 heterocycles. The molecule has 1 saturated carbocycles. The molecule has 2 aromatic rings. The van der Waals surface area contributed by atoms with Crippen molar-refractivity contribution in [3.05, 3.63) is 38.8 Å². The van der Waals surface area contributed by atoms with E-state index in [9.17, 15) is 4.79 Å². The SMILES string of the molecule is Cc1ccc(=O)n(C2CCC(Nc3nc4c(s3)CCCC4)CC2)n1. The van der Waals surface area contributed by atoms with E-state index in [4.69, 9.17) is 4.98 Å². The number of anilines is 1. The number of aromatic nitrogens is 3. The highest BCUT2D eigenvalue weighted by Crippen LogP contribution is 2.33. The van der Waals surface area contributed by atoms with Crippen molar-refractivity contribution in [2.45, 2.75) is 70.4 Å². The van der Waals surface area contributed by atoms with E-state index < -0.39 is 0 Å². The molecule has 1 fully saturated rings. The van der Waals surface area contributed by atoms with E-state index in [2.05, 4.69) is 10.4 Å². The molecule has 2 aromatic heterocycles. The molecule has 0 spiro atoms. The molecule has 2 aliphatic rings. The maximum absolute atomic E-state index is 12.0. The van der Waals surface area contributed by atoms with Crippen LogP contribution in [0.2, 0.25) is 0 Å². The van der Waals surface area contributed by atoms with Crippen LogP contribution in [0, 0.1) is 6.92 Å². The molecule has 24 heavy (non-hydrogen) atoms. The highest BCUT2D eigenvalue weighted by molar-refractivity contribution is 7.15. The Morgan fingerprint density at radius 2 is 1.96 bits per heavy atom. The average molecular weight is 344 g/mol. The Balaban J connectivity index is 1.38. The Labute approximate surface area is 146 Å². The van der Waals surface area contributed by atoms with Crippen LogP contribution in [0.1, 0.15) is 60.8 Å². The molecule has 0 unspecified atom stereocenters. The van der Waals surface area contributed by atoms with Crippen molar-refractivity contribution in [2.75, 3.05) is 5.32 Å². The number of aryl methyl sites for hydroxylation is 3. The fraction of sp³-hybridized carbons (Fsp3) is 0.611. The lowest BCUT2D eigenvalue weighted by Crippen LogP contribution is -2.33. The molecular formula is C18H24N4OS. The van der Waals surface area contributed by atoms with Crippen LogP contribution in [0.15, 0.2) is 16.9 Å². The largest absolute Gasteiger partial charge is 0.359 e. The summed E-state index contributed by atoms with van der Waals surface area (Å²) in [6.45, 7) is 1.94. The predicted molar refractivity (Wildman–Crippen MR) is 96.9 cm³/mol. The lowest BCUT2D eigenvalue weighted by Gasteiger charge is -2.29. The molecule has 0 amide bonds. The summed E-state index contributed by atoms with van der Waals surface area (Å²) in [5.74, 6) is 0. The van der Waals surface area contributed by atoms with E-state index in [1.54, 1.807) is 16.8 Å². The summed E-state index contributed by atoms with van der Waals surface area (Å²) >= 11 is 1.84. The van der Waals surface area contributed by atoms with E-state index in [1.807, 2.05) is 18.3 Å². The number of nitrogens with one attached hydrogen (secondary N) is 1. The number of rotatable bonds is 3. The highest BCUT2D eigenvalue weighted by atomic mass is 32.1.